The van der Waals surface area contributed by atoms with Crippen LogP contribution in [-0.4, -0.2) is 23.0 Å². The number of amides is 1. The molecule has 5 heteroatoms. The van der Waals surface area contributed by atoms with Gasteiger partial charge in [-0.25, -0.2) is 4.79 Å². The zero-order valence-corrected chi connectivity index (χ0v) is 16.7. The van der Waals surface area contributed by atoms with Gasteiger partial charge >= 0.3 is 5.97 Å². The van der Waals surface area contributed by atoms with Crippen molar-refractivity contribution < 1.29 is 14.7 Å². The molecule has 2 rings (SSSR count). The third kappa shape index (κ3) is 5.56. The van der Waals surface area contributed by atoms with Crippen LogP contribution in [0, 0.1) is 3.57 Å². The summed E-state index contributed by atoms with van der Waals surface area (Å²) in [6, 6.07) is 13.9. The van der Waals surface area contributed by atoms with Gasteiger partial charge in [0.05, 0.1) is 0 Å². The molecular formula is C20H22INO3. The highest BCUT2D eigenvalue weighted by atomic mass is 127. The Bertz CT molecular complexity index is 763. The summed E-state index contributed by atoms with van der Waals surface area (Å²) < 4.78 is 1.03. The zero-order chi connectivity index (χ0) is 18.6. The number of benzene rings is 2. The van der Waals surface area contributed by atoms with Gasteiger partial charge in [-0.2, -0.15) is 0 Å². The largest absolute Gasteiger partial charge is 0.480 e. The number of aliphatic carboxylic acids is 1. The Balaban J connectivity index is 2.11. The first-order chi connectivity index (χ1) is 11.7. The van der Waals surface area contributed by atoms with Gasteiger partial charge in [0.25, 0.3) is 5.91 Å². The predicted octanol–water partition coefficient (Wildman–Crippen LogP) is 4.01. The van der Waals surface area contributed by atoms with E-state index in [0.29, 0.717) is 5.56 Å². The highest BCUT2D eigenvalue weighted by molar-refractivity contribution is 14.1. The van der Waals surface area contributed by atoms with Gasteiger partial charge in [-0.3, -0.25) is 4.79 Å². The minimum atomic E-state index is -1.04. The number of carboxylic acid groups (broad SMARTS) is 1. The Labute approximate surface area is 161 Å². The van der Waals surface area contributed by atoms with Crippen LogP contribution in [0.5, 0.6) is 0 Å². The van der Waals surface area contributed by atoms with E-state index in [4.69, 9.17) is 0 Å². The molecule has 0 spiro atoms. The molecule has 0 heterocycles. The number of hydrogen-bond donors (Lipinski definition) is 2. The molecule has 2 aromatic carbocycles. The van der Waals surface area contributed by atoms with Gasteiger partial charge in [-0.1, -0.05) is 45.0 Å². The maximum absolute atomic E-state index is 12.4. The molecule has 0 bridgehead atoms. The molecule has 1 amide bonds. The fraction of sp³-hybridized carbons (Fsp3) is 0.300. The van der Waals surface area contributed by atoms with Crippen molar-refractivity contribution in [3.8, 4) is 0 Å². The van der Waals surface area contributed by atoms with Gasteiger partial charge in [0.1, 0.15) is 6.04 Å². The molecule has 0 fully saturated rings. The zero-order valence-electron chi connectivity index (χ0n) is 14.5. The number of nitrogens with one attached hydrogen (secondary N) is 1. The standard InChI is InChI=1S/C20H22INO3/c1-20(2,3)15-9-7-14(8-10-15)18(23)22-17(19(24)25)12-13-5-4-6-16(21)11-13/h4-11,17H,12H2,1-3H3,(H,22,23)(H,24,25)/t17-/m0/s1. The quantitative estimate of drug-likeness (QED) is 0.676. The fourth-order valence-electron chi connectivity index (χ4n) is 2.46. The Kier molecular flexibility index (Phi) is 6.21. The van der Waals surface area contributed by atoms with Crippen molar-refractivity contribution >= 4 is 34.5 Å². The topological polar surface area (TPSA) is 66.4 Å². The van der Waals surface area contributed by atoms with Gasteiger partial charge in [-0.15, -0.1) is 0 Å². The third-order valence-corrected chi connectivity index (χ3v) is 4.62. The molecule has 0 aliphatic carbocycles. The first-order valence-corrected chi connectivity index (χ1v) is 9.13. The highest BCUT2D eigenvalue weighted by Gasteiger charge is 2.22. The second-order valence-corrected chi connectivity index (χ2v) is 8.27. The average molecular weight is 451 g/mol. The Morgan fingerprint density at radius 3 is 2.28 bits per heavy atom. The third-order valence-electron chi connectivity index (χ3n) is 3.95. The van der Waals surface area contributed by atoms with Crippen LogP contribution in [0.4, 0.5) is 0 Å². The van der Waals surface area contributed by atoms with Crippen LogP contribution in [0.15, 0.2) is 48.5 Å². The van der Waals surface area contributed by atoms with Crippen molar-refractivity contribution in [2.24, 2.45) is 0 Å². The van der Waals surface area contributed by atoms with E-state index in [2.05, 4.69) is 48.7 Å². The van der Waals surface area contributed by atoms with Crippen molar-refractivity contribution in [2.75, 3.05) is 0 Å². The number of hydrogen-bond acceptors (Lipinski definition) is 2. The summed E-state index contributed by atoms with van der Waals surface area (Å²) in [4.78, 5) is 23.9. The number of halogens is 1. The Hall–Kier alpha value is -1.89. The van der Waals surface area contributed by atoms with Crippen LogP contribution in [0.2, 0.25) is 0 Å². The monoisotopic (exact) mass is 451 g/mol. The average Bonchev–Trinajstić information content (AvgIpc) is 2.53. The van der Waals surface area contributed by atoms with Crippen molar-refractivity contribution in [3.63, 3.8) is 0 Å². The lowest BCUT2D eigenvalue weighted by atomic mass is 9.86. The summed E-state index contributed by atoms with van der Waals surface area (Å²) in [5, 5.41) is 12.1. The Morgan fingerprint density at radius 2 is 1.76 bits per heavy atom. The van der Waals surface area contributed by atoms with E-state index in [-0.39, 0.29) is 17.7 Å². The summed E-state index contributed by atoms with van der Waals surface area (Å²) in [6.07, 6.45) is 0.248. The number of carbonyl (C=O) groups is 2. The SMILES string of the molecule is CC(C)(C)c1ccc(C(=O)N[C@@H](Cc2cccc(I)c2)C(=O)O)cc1. The van der Waals surface area contributed by atoms with Gasteiger partial charge in [-0.05, 0) is 63.4 Å². The summed E-state index contributed by atoms with van der Waals surface area (Å²) >= 11 is 2.18. The van der Waals surface area contributed by atoms with Crippen molar-refractivity contribution in [3.05, 3.63) is 68.8 Å². The number of rotatable bonds is 5. The summed E-state index contributed by atoms with van der Waals surface area (Å²) in [7, 11) is 0. The van der Waals surface area contributed by atoms with E-state index in [1.54, 1.807) is 12.1 Å². The van der Waals surface area contributed by atoms with Crippen molar-refractivity contribution in [2.45, 2.75) is 38.6 Å². The number of carboxylic acids is 1. The highest BCUT2D eigenvalue weighted by Crippen LogP contribution is 2.22. The molecule has 0 unspecified atom stereocenters. The molecular weight excluding hydrogens is 429 g/mol. The normalized spacial score (nSPS) is 12.5. The molecule has 0 aliphatic heterocycles. The fourth-order valence-corrected chi connectivity index (χ4v) is 3.07. The second kappa shape index (κ2) is 7.99. The van der Waals surface area contributed by atoms with E-state index in [1.165, 1.54) is 0 Å². The molecule has 25 heavy (non-hydrogen) atoms. The molecule has 2 aromatic rings. The second-order valence-electron chi connectivity index (χ2n) is 7.03. The summed E-state index contributed by atoms with van der Waals surface area (Å²) in [5.41, 5.74) is 2.46. The van der Waals surface area contributed by atoms with Crippen molar-refractivity contribution in [1.82, 2.24) is 5.32 Å². The lowest BCUT2D eigenvalue weighted by Gasteiger charge is -2.19. The van der Waals surface area contributed by atoms with E-state index in [0.717, 1.165) is 14.7 Å². The van der Waals surface area contributed by atoms with Gasteiger partial charge in [0.2, 0.25) is 0 Å². The van der Waals surface area contributed by atoms with Crippen LogP contribution in [0.1, 0.15) is 42.3 Å². The van der Waals surface area contributed by atoms with Crippen LogP contribution < -0.4 is 5.32 Å². The molecule has 0 aromatic heterocycles. The molecule has 2 N–H and O–H groups in total. The number of carbonyl (C=O) groups excluding carboxylic acids is 1. The smallest absolute Gasteiger partial charge is 0.326 e. The molecule has 0 saturated heterocycles. The van der Waals surface area contributed by atoms with Crippen LogP contribution >= 0.6 is 22.6 Å². The summed E-state index contributed by atoms with van der Waals surface area (Å²) in [5.74, 6) is -1.42. The van der Waals surface area contributed by atoms with E-state index < -0.39 is 12.0 Å². The van der Waals surface area contributed by atoms with E-state index in [9.17, 15) is 14.7 Å². The maximum atomic E-state index is 12.4. The van der Waals surface area contributed by atoms with Gasteiger partial charge < -0.3 is 10.4 Å². The lowest BCUT2D eigenvalue weighted by Crippen LogP contribution is -2.42. The first-order valence-electron chi connectivity index (χ1n) is 8.05. The molecule has 132 valence electrons. The minimum absolute atomic E-state index is 0.00304. The molecule has 0 radical (unpaired) electrons. The maximum Gasteiger partial charge on any atom is 0.326 e. The Morgan fingerprint density at radius 1 is 1.12 bits per heavy atom. The lowest BCUT2D eigenvalue weighted by molar-refractivity contribution is -0.139. The molecule has 1 atom stereocenters. The van der Waals surface area contributed by atoms with E-state index in [1.807, 2.05) is 36.4 Å². The van der Waals surface area contributed by atoms with Crippen LogP contribution in [-0.2, 0) is 16.6 Å². The molecule has 0 aliphatic rings. The van der Waals surface area contributed by atoms with Crippen LogP contribution in [0.3, 0.4) is 0 Å². The predicted molar refractivity (Wildman–Crippen MR) is 107 cm³/mol. The van der Waals surface area contributed by atoms with Crippen molar-refractivity contribution in [1.29, 1.82) is 0 Å². The molecule has 4 nitrogen and oxygen atoms in total. The van der Waals surface area contributed by atoms with E-state index >= 15 is 0 Å². The minimum Gasteiger partial charge on any atom is -0.480 e. The summed E-state index contributed by atoms with van der Waals surface area (Å²) in [6.45, 7) is 6.30. The van der Waals surface area contributed by atoms with Crippen LogP contribution in [0.25, 0.3) is 0 Å². The molecule has 0 saturated carbocycles. The first kappa shape index (κ1) is 19.4. The van der Waals surface area contributed by atoms with Gasteiger partial charge in [0.15, 0.2) is 0 Å². The van der Waals surface area contributed by atoms with Gasteiger partial charge in [0, 0.05) is 15.6 Å².